The number of fused-ring (bicyclic) bond motifs is 1. The molecular formula is C28H42N6O2S. The van der Waals surface area contributed by atoms with Crippen molar-refractivity contribution in [3.05, 3.63) is 46.2 Å². The number of pyridine rings is 1. The van der Waals surface area contributed by atoms with Crippen LogP contribution in [-0.4, -0.2) is 87.5 Å². The van der Waals surface area contributed by atoms with Crippen molar-refractivity contribution < 1.29 is 10.2 Å². The number of anilines is 2. The zero-order chi connectivity index (χ0) is 26.7. The van der Waals surface area contributed by atoms with Crippen LogP contribution >= 0.6 is 11.3 Å². The molecular weight excluding hydrogens is 484 g/mol. The largest absolute Gasteiger partial charge is 0.395 e. The standard InChI is InChI=1S/C28H42N6O2S/c1-7-19(3)24-18-37-28(30-24)32(6)27-23(8-2)29-25-15-20(4)22(16-34(25)27)21-9-11-33(12-10-21)17-26(36)31(5)13-14-35/h7,15-16,18,21,26,35-36H,8-14,17H2,1-6H3. The third kappa shape index (κ3) is 5.91. The number of likely N-dealkylation sites (N-methyl/N-ethyl adjacent to an activating group) is 1. The lowest BCUT2D eigenvalue weighted by atomic mass is 9.88. The van der Waals surface area contributed by atoms with Gasteiger partial charge in [0.2, 0.25) is 0 Å². The van der Waals surface area contributed by atoms with Gasteiger partial charge in [-0.25, -0.2) is 9.97 Å². The highest BCUT2D eigenvalue weighted by atomic mass is 32.1. The van der Waals surface area contributed by atoms with E-state index in [4.69, 9.17) is 15.1 Å². The highest BCUT2D eigenvalue weighted by Crippen LogP contribution is 2.36. The summed E-state index contributed by atoms with van der Waals surface area (Å²) in [6, 6.07) is 2.23. The molecule has 2 N–H and O–H groups in total. The maximum Gasteiger partial charge on any atom is 0.191 e. The Bertz CT molecular complexity index is 1230. The van der Waals surface area contributed by atoms with E-state index in [1.165, 1.54) is 16.7 Å². The Morgan fingerprint density at radius 1 is 1.27 bits per heavy atom. The lowest BCUT2D eigenvalue weighted by Gasteiger charge is -2.35. The van der Waals surface area contributed by atoms with Gasteiger partial charge in [0.25, 0.3) is 0 Å². The fraction of sp³-hybridized carbons (Fsp3) is 0.571. The van der Waals surface area contributed by atoms with Crippen LogP contribution < -0.4 is 4.90 Å². The van der Waals surface area contributed by atoms with E-state index in [1.54, 1.807) is 16.2 Å². The van der Waals surface area contributed by atoms with Crippen molar-refractivity contribution in [3.8, 4) is 0 Å². The third-order valence-corrected chi connectivity index (χ3v) is 8.65. The van der Waals surface area contributed by atoms with Crippen molar-refractivity contribution in [1.29, 1.82) is 0 Å². The number of rotatable bonds is 10. The molecule has 1 fully saturated rings. The molecule has 0 aliphatic carbocycles. The Morgan fingerprint density at radius 3 is 2.65 bits per heavy atom. The maximum atomic E-state index is 10.4. The summed E-state index contributed by atoms with van der Waals surface area (Å²) in [7, 11) is 3.94. The first kappa shape index (κ1) is 27.7. The average Bonchev–Trinajstić information content (AvgIpc) is 3.53. The number of aromatic nitrogens is 3. The summed E-state index contributed by atoms with van der Waals surface area (Å²) in [6.07, 6.45) is 6.82. The first-order chi connectivity index (χ1) is 17.8. The molecule has 9 heteroatoms. The van der Waals surface area contributed by atoms with Gasteiger partial charge in [-0.05, 0) is 88.9 Å². The summed E-state index contributed by atoms with van der Waals surface area (Å²) in [4.78, 5) is 16.2. The minimum Gasteiger partial charge on any atom is -0.395 e. The van der Waals surface area contributed by atoms with Gasteiger partial charge in [0, 0.05) is 31.7 Å². The monoisotopic (exact) mass is 526 g/mol. The molecule has 37 heavy (non-hydrogen) atoms. The topological polar surface area (TPSA) is 80.4 Å². The van der Waals surface area contributed by atoms with Crippen molar-refractivity contribution in [2.24, 2.45) is 0 Å². The molecule has 0 bridgehead atoms. The molecule has 1 atom stereocenters. The maximum absolute atomic E-state index is 10.4. The minimum atomic E-state index is -0.554. The molecule has 0 amide bonds. The molecule has 1 saturated heterocycles. The van der Waals surface area contributed by atoms with Crippen LogP contribution in [0.2, 0.25) is 0 Å². The van der Waals surface area contributed by atoms with E-state index in [2.05, 4.69) is 65.7 Å². The summed E-state index contributed by atoms with van der Waals surface area (Å²) in [5.41, 5.74) is 6.93. The second-order valence-corrected chi connectivity index (χ2v) is 11.0. The number of likely N-dealkylation sites (tertiary alicyclic amines) is 1. The molecule has 1 aliphatic heterocycles. The molecule has 3 aromatic heterocycles. The number of hydrogen-bond donors (Lipinski definition) is 2. The normalized spacial score (nSPS) is 16.7. The predicted molar refractivity (Wildman–Crippen MR) is 153 cm³/mol. The van der Waals surface area contributed by atoms with Gasteiger partial charge in [-0.1, -0.05) is 13.0 Å². The summed E-state index contributed by atoms with van der Waals surface area (Å²) in [6.45, 7) is 11.6. The van der Waals surface area contributed by atoms with E-state index < -0.39 is 6.23 Å². The van der Waals surface area contributed by atoms with Crippen LogP contribution in [-0.2, 0) is 6.42 Å². The molecule has 1 aliphatic rings. The zero-order valence-corrected chi connectivity index (χ0v) is 23.9. The molecule has 0 aromatic carbocycles. The van der Waals surface area contributed by atoms with Crippen LogP contribution in [0.1, 0.15) is 62.0 Å². The van der Waals surface area contributed by atoms with Crippen LogP contribution in [0.4, 0.5) is 10.9 Å². The van der Waals surface area contributed by atoms with Crippen LogP contribution in [0.5, 0.6) is 0 Å². The minimum absolute atomic E-state index is 0.0572. The molecule has 202 valence electrons. The predicted octanol–water partition coefficient (Wildman–Crippen LogP) is 4.27. The number of thiazole rings is 1. The van der Waals surface area contributed by atoms with Crippen molar-refractivity contribution in [3.63, 3.8) is 0 Å². The number of β-amino-alcohol motifs (C(OH)–C–C–N with tert-alkyl or cyclic N) is 1. The van der Waals surface area contributed by atoms with Gasteiger partial charge in [0.15, 0.2) is 5.13 Å². The summed E-state index contributed by atoms with van der Waals surface area (Å²) >= 11 is 1.66. The number of aliphatic hydroxyl groups excluding tert-OH is 2. The van der Waals surface area contributed by atoms with E-state index in [9.17, 15) is 5.11 Å². The van der Waals surface area contributed by atoms with Crippen LogP contribution in [0.15, 0.2) is 23.7 Å². The summed E-state index contributed by atoms with van der Waals surface area (Å²) in [5.74, 6) is 1.56. The van der Waals surface area contributed by atoms with Crippen molar-refractivity contribution in [2.45, 2.75) is 59.1 Å². The first-order valence-corrected chi connectivity index (χ1v) is 14.2. The van der Waals surface area contributed by atoms with Crippen molar-refractivity contribution in [2.75, 3.05) is 51.8 Å². The van der Waals surface area contributed by atoms with Gasteiger partial charge in [-0.15, -0.1) is 11.3 Å². The Labute approximate surface area is 224 Å². The lowest BCUT2D eigenvalue weighted by Crippen LogP contribution is -2.45. The number of hydrogen-bond acceptors (Lipinski definition) is 8. The van der Waals surface area contributed by atoms with E-state index in [0.717, 1.165) is 60.3 Å². The number of imidazole rings is 1. The highest BCUT2D eigenvalue weighted by molar-refractivity contribution is 7.13. The zero-order valence-electron chi connectivity index (χ0n) is 23.1. The van der Waals surface area contributed by atoms with Gasteiger partial charge in [0.1, 0.15) is 17.7 Å². The van der Waals surface area contributed by atoms with Gasteiger partial charge < -0.3 is 15.1 Å². The van der Waals surface area contributed by atoms with Crippen molar-refractivity contribution >= 4 is 33.5 Å². The van der Waals surface area contributed by atoms with Gasteiger partial charge in [-0.2, -0.15) is 0 Å². The Morgan fingerprint density at radius 2 is 2.00 bits per heavy atom. The quantitative estimate of drug-likeness (QED) is 0.382. The van der Waals surface area contributed by atoms with E-state index in [-0.39, 0.29) is 6.61 Å². The molecule has 1 unspecified atom stereocenters. The van der Waals surface area contributed by atoms with Crippen molar-refractivity contribution in [1.82, 2.24) is 24.2 Å². The fourth-order valence-corrected chi connectivity index (χ4v) is 6.05. The van der Waals surface area contributed by atoms with Crippen LogP contribution in [0.25, 0.3) is 11.2 Å². The number of aliphatic hydroxyl groups is 2. The van der Waals surface area contributed by atoms with Gasteiger partial charge in [-0.3, -0.25) is 14.2 Å². The fourth-order valence-electron chi connectivity index (χ4n) is 5.20. The molecule has 0 spiro atoms. The number of piperidine rings is 1. The smallest absolute Gasteiger partial charge is 0.191 e. The van der Waals surface area contributed by atoms with E-state index in [0.29, 0.717) is 19.0 Å². The SMILES string of the molecule is CC=C(C)c1csc(N(C)c2c(CC)nc3cc(C)c(C4CCN(CC(O)N(C)CCO)CC4)cn23)n1. The number of nitrogens with zero attached hydrogens (tertiary/aromatic N) is 6. The molecule has 0 radical (unpaired) electrons. The molecule has 3 aromatic rings. The summed E-state index contributed by atoms with van der Waals surface area (Å²) in [5, 5.41) is 22.7. The average molecular weight is 527 g/mol. The molecule has 4 heterocycles. The number of aryl methyl sites for hydroxylation is 2. The van der Waals surface area contributed by atoms with Gasteiger partial charge in [0.05, 0.1) is 18.0 Å². The Hall–Kier alpha value is -2.30. The third-order valence-electron chi connectivity index (χ3n) is 7.73. The summed E-state index contributed by atoms with van der Waals surface area (Å²) < 4.78 is 2.25. The Balaban J connectivity index is 1.57. The second kappa shape index (κ2) is 12.0. The second-order valence-electron chi connectivity index (χ2n) is 10.2. The number of allylic oxidation sites excluding steroid dienone is 2. The van der Waals surface area contributed by atoms with E-state index >= 15 is 0 Å². The highest BCUT2D eigenvalue weighted by Gasteiger charge is 2.26. The van der Waals surface area contributed by atoms with Crippen LogP contribution in [0, 0.1) is 6.92 Å². The molecule has 4 rings (SSSR count). The van der Waals surface area contributed by atoms with E-state index in [1.807, 2.05) is 14.0 Å². The van der Waals surface area contributed by atoms with Crippen LogP contribution in [0.3, 0.4) is 0 Å². The molecule has 0 saturated carbocycles. The van der Waals surface area contributed by atoms with Gasteiger partial charge >= 0.3 is 0 Å². The Kier molecular flexibility index (Phi) is 9.03. The lowest BCUT2D eigenvalue weighted by molar-refractivity contribution is -0.0170. The molecule has 8 nitrogen and oxygen atoms in total. The first-order valence-electron chi connectivity index (χ1n) is 13.3.